The van der Waals surface area contributed by atoms with Crippen molar-refractivity contribution in [3.63, 3.8) is 0 Å². The molecule has 1 aliphatic rings. The van der Waals surface area contributed by atoms with Gasteiger partial charge in [-0.2, -0.15) is 14.7 Å². The van der Waals surface area contributed by atoms with Crippen LogP contribution in [0.5, 0.6) is 0 Å². The molecule has 0 unspecified atom stereocenters. The van der Waals surface area contributed by atoms with E-state index >= 15 is 0 Å². The molecule has 2 heterocycles. The van der Waals surface area contributed by atoms with E-state index in [0.717, 1.165) is 5.69 Å². The van der Waals surface area contributed by atoms with E-state index in [9.17, 15) is 13.7 Å². The highest BCUT2D eigenvalue weighted by Gasteiger charge is 2.32. The second-order valence-electron chi connectivity index (χ2n) is 7.99. The summed E-state index contributed by atoms with van der Waals surface area (Å²) in [5.41, 5.74) is 2.49. The van der Waals surface area contributed by atoms with Gasteiger partial charge < -0.3 is 0 Å². The number of piperidine rings is 1. The molecule has 0 spiro atoms. The van der Waals surface area contributed by atoms with Gasteiger partial charge in [0.1, 0.15) is 6.07 Å². The highest BCUT2D eigenvalue weighted by Crippen LogP contribution is 2.31. The summed E-state index contributed by atoms with van der Waals surface area (Å²) in [6, 6.07) is 10.8. The molecule has 28 heavy (non-hydrogen) atoms. The Labute approximate surface area is 167 Å². The van der Waals surface area contributed by atoms with E-state index in [1.807, 2.05) is 6.07 Å². The van der Waals surface area contributed by atoms with E-state index in [1.165, 1.54) is 16.1 Å². The molecule has 150 valence electrons. The Balaban J connectivity index is 1.81. The third-order valence-electron chi connectivity index (χ3n) is 5.36. The Kier molecular flexibility index (Phi) is 5.92. The predicted octanol–water partition coefficient (Wildman–Crippen LogP) is 4.03. The molecule has 0 N–H and O–H groups in total. The van der Waals surface area contributed by atoms with Crippen molar-refractivity contribution in [3.8, 4) is 6.07 Å². The fraction of sp³-hybridized carbons (Fsp3) is 0.524. The number of rotatable bonds is 5. The van der Waals surface area contributed by atoms with Crippen LogP contribution < -0.4 is 0 Å². The number of nitrogens with zero attached hydrogens (tertiary/aromatic N) is 4. The van der Waals surface area contributed by atoms with Crippen molar-refractivity contribution in [2.75, 3.05) is 13.1 Å². The van der Waals surface area contributed by atoms with Gasteiger partial charge in [-0.05, 0) is 42.9 Å². The van der Waals surface area contributed by atoms with Crippen LogP contribution in [-0.2, 0) is 10.0 Å². The minimum atomic E-state index is -3.66. The van der Waals surface area contributed by atoms with Crippen LogP contribution in [0.1, 0.15) is 75.4 Å². The van der Waals surface area contributed by atoms with Crippen LogP contribution in [0, 0.1) is 11.3 Å². The van der Waals surface area contributed by atoms with Gasteiger partial charge in [0.15, 0.2) is 0 Å². The molecule has 3 rings (SSSR count). The van der Waals surface area contributed by atoms with E-state index in [2.05, 4.69) is 38.4 Å². The summed E-state index contributed by atoms with van der Waals surface area (Å²) in [6.07, 6.45) is 1.43. The maximum absolute atomic E-state index is 13.0. The van der Waals surface area contributed by atoms with Gasteiger partial charge in [0, 0.05) is 18.8 Å². The molecule has 0 amide bonds. The first-order valence-corrected chi connectivity index (χ1v) is 11.3. The fourth-order valence-corrected chi connectivity index (χ4v) is 5.30. The van der Waals surface area contributed by atoms with Gasteiger partial charge in [0.2, 0.25) is 10.0 Å². The van der Waals surface area contributed by atoms with Crippen LogP contribution in [0.4, 0.5) is 0 Å². The first kappa shape index (κ1) is 20.6. The Morgan fingerprint density at radius 2 is 1.75 bits per heavy atom. The lowest BCUT2D eigenvalue weighted by Crippen LogP contribution is -2.39. The van der Waals surface area contributed by atoms with Crippen LogP contribution in [0.3, 0.4) is 0 Å². The van der Waals surface area contributed by atoms with E-state index in [4.69, 9.17) is 5.10 Å². The molecule has 1 aliphatic heterocycles. The number of hydrogen-bond donors (Lipinski definition) is 0. The highest BCUT2D eigenvalue weighted by atomic mass is 32.2. The minimum Gasteiger partial charge on any atom is -0.266 e. The monoisotopic (exact) mass is 400 g/mol. The number of hydrogen-bond acceptors (Lipinski definition) is 4. The number of aromatic nitrogens is 2. The van der Waals surface area contributed by atoms with Crippen molar-refractivity contribution < 1.29 is 8.42 Å². The zero-order valence-electron chi connectivity index (χ0n) is 17.0. The zero-order valence-corrected chi connectivity index (χ0v) is 17.8. The molecule has 0 radical (unpaired) electrons. The van der Waals surface area contributed by atoms with Crippen molar-refractivity contribution in [1.29, 1.82) is 5.26 Å². The predicted molar refractivity (Wildman–Crippen MR) is 109 cm³/mol. The molecule has 1 saturated heterocycles. The quantitative estimate of drug-likeness (QED) is 0.759. The van der Waals surface area contributed by atoms with E-state index < -0.39 is 10.0 Å². The van der Waals surface area contributed by atoms with E-state index in [0.29, 0.717) is 37.8 Å². The second kappa shape index (κ2) is 8.06. The van der Waals surface area contributed by atoms with Crippen molar-refractivity contribution in [2.45, 2.75) is 63.3 Å². The molecule has 0 atom stereocenters. The van der Waals surface area contributed by atoms with Crippen LogP contribution in [0.15, 0.2) is 35.2 Å². The summed E-state index contributed by atoms with van der Waals surface area (Å²) in [5, 5.41) is 14.1. The second-order valence-corrected chi connectivity index (χ2v) is 9.90. The average molecular weight is 401 g/mol. The average Bonchev–Trinajstić information content (AvgIpc) is 3.14. The smallest absolute Gasteiger partial charge is 0.244 e. The summed E-state index contributed by atoms with van der Waals surface area (Å²) in [6.45, 7) is 9.46. The summed E-state index contributed by atoms with van der Waals surface area (Å²) in [5.74, 6) is 0.728. The van der Waals surface area contributed by atoms with Crippen molar-refractivity contribution in [1.82, 2.24) is 14.1 Å². The molecule has 1 fully saturated rings. The molecule has 1 aromatic heterocycles. The third-order valence-corrected chi connectivity index (χ3v) is 7.32. The van der Waals surface area contributed by atoms with Gasteiger partial charge in [-0.25, -0.2) is 8.42 Å². The van der Waals surface area contributed by atoms with Gasteiger partial charge in [0.25, 0.3) is 0 Å². The van der Waals surface area contributed by atoms with Crippen molar-refractivity contribution in [2.24, 2.45) is 0 Å². The van der Waals surface area contributed by atoms with Gasteiger partial charge in [-0.1, -0.05) is 39.8 Å². The maximum atomic E-state index is 13.0. The lowest BCUT2D eigenvalue weighted by atomic mass is 10.0. The number of benzene rings is 1. The maximum Gasteiger partial charge on any atom is 0.244 e. The molecule has 2 aromatic rings. The summed E-state index contributed by atoms with van der Waals surface area (Å²) < 4.78 is 29.7. The summed E-state index contributed by atoms with van der Waals surface area (Å²) in [4.78, 5) is 0.0972. The minimum absolute atomic E-state index is 0.0972. The van der Waals surface area contributed by atoms with E-state index in [1.54, 1.807) is 18.2 Å². The Hall–Kier alpha value is -2.17. The topological polar surface area (TPSA) is 79.0 Å². The SMILES string of the molecule is CC(C)c1cc(C(C)C)n(C2CCN(S(=O)(=O)c3ccccc3C#N)CC2)n1. The van der Waals surface area contributed by atoms with Crippen molar-refractivity contribution in [3.05, 3.63) is 47.3 Å². The summed E-state index contributed by atoms with van der Waals surface area (Å²) >= 11 is 0. The van der Waals surface area contributed by atoms with Crippen LogP contribution >= 0.6 is 0 Å². The molecular weight excluding hydrogens is 372 g/mol. The normalized spacial score (nSPS) is 16.6. The first-order chi connectivity index (χ1) is 13.3. The van der Waals surface area contributed by atoms with Gasteiger partial charge in [0.05, 0.1) is 22.2 Å². The van der Waals surface area contributed by atoms with E-state index in [-0.39, 0.29) is 16.5 Å². The molecule has 0 bridgehead atoms. The Morgan fingerprint density at radius 1 is 1.11 bits per heavy atom. The van der Waals surface area contributed by atoms with Gasteiger partial charge >= 0.3 is 0 Å². The van der Waals surface area contributed by atoms with Crippen LogP contribution in [0.2, 0.25) is 0 Å². The molecule has 7 heteroatoms. The molecule has 0 aliphatic carbocycles. The standard InChI is InChI=1S/C21H28N4O2S/c1-15(2)19-13-20(16(3)4)25(23-19)18-9-11-24(12-10-18)28(26,27)21-8-6-5-7-17(21)14-22/h5-8,13,15-16,18H,9-12H2,1-4H3. The van der Waals surface area contributed by atoms with Gasteiger partial charge in [-0.3, -0.25) is 4.68 Å². The number of sulfonamides is 1. The zero-order chi connectivity index (χ0) is 20.5. The fourth-order valence-electron chi connectivity index (χ4n) is 3.68. The van der Waals surface area contributed by atoms with Crippen LogP contribution in [-0.4, -0.2) is 35.6 Å². The largest absolute Gasteiger partial charge is 0.266 e. The molecule has 1 aromatic carbocycles. The number of nitriles is 1. The molecule has 6 nitrogen and oxygen atoms in total. The lowest BCUT2D eigenvalue weighted by molar-refractivity contribution is 0.255. The van der Waals surface area contributed by atoms with Crippen molar-refractivity contribution >= 4 is 10.0 Å². The Bertz CT molecular complexity index is 978. The van der Waals surface area contributed by atoms with Crippen LogP contribution in [0.25, 0.3) is 0 Å². The third kappa shape index (κ3) is 3.85. The first-order valence-electron chi connectivity index (χ1n) is 9.84. The summed E-state index contributed by atoms with van der Waals surface area (Å²) in [7, 11) is -3.66. The Morgan fingerprint density at radius 3 is 2.32 bits per heavy atom. The highest BCUT2D eigenvalue weighted by molar-refractivity contribution is 7.89. The molecule has 0 saturated carbocycles. The van der Waals surface area contributed by atoms with Gasteiger partial charge in [-0.15, -0.1) is 0 Å². The lowest BCUT2D eigenvalue weighted by Gasteiger charge is -2.32. The molecular formula is C21H28N4O2S.